The maximum Gasteiger partial charge on any atom is 0.335 e. The predicted molar refractivity (Wildman–Crippen MR) is 90.3 cm³/mol. The van der Waals surface area contributed by atoms with Crippen LogP contribution in [0.3, 0.4) is 0 Å². The summed E-state index contributed by atoms with van der Waals surface area (Å²) in [6.07, 6.45) is -0.314. The lowest BCUT2D eigenvalue weighted by Gasteiger charge is -2.23. The van der Waals surface area contributed by atoms with E-state index in [2.05, 4.69) is 4.98 Å². The van der Waals surface area contributed by atoms with E-state index < -0.39 is 36.3 Å². The van der Waals surface area contributed by atoms with Crippen LogP contribution >= 0.6 is 0 Å². The molecule has 2 rings (SSSR count). The molecule has 11 heteroatoms. The number of carboxylic acids is 2. The Morgan fingerprint density at radius 1 is 0.963 bits per heavy atom. The molecule has 7 N–H and O–H groups in total. The second-order valence-electron chi connectivity index (χ2n) is 5.85. The number of likely N-dealkylation sites (tertiary alicyclic amines) is 1. The number of carboxylic acid groups (broad SMARTS) is 2. The molecule has 27 heavy (non-hydrogen) atoms. The number of aromatic nitrogens is 1. The van der Waals surface area contributed by atoms with Crippen molar-refractivity contribution in [2.24, 2.45) is 5.73 Å². The van der Waals surface area contributed by atoms with Gasteiger partial charge in [0.25, 0.3) is 0 Å². The summed E-state index contributed by atoms with van der Waals surface area (Å²) in [4.78, 5) is 37.1. The van der Waals surface area contributed by atoms with Gasteiger partial charge in [0.1, 0.15) is 12.1 Å². The van der Waals surface area contributed by atoms with Crippen molar-refractivity contribution in [1.82, 2.24) is 9.88 Å². The Morgan fingerprint density at radius 3 is 1.81 bits per heavy atom. The van der Waals surface area contributed by atoms with Crippen molar-refractivity contribution in [1.29, 1.82) is 0 Å². The zero-order valence-corrected chi connectivity index (χ0v) is 14.4. The minimum Gasteiger partial charge on any atom is -0.479 e. The van der Waals surface area contributed by atoms with Gasteiger partial charge in [0.05, 0.1) is 0 Å². The van der Waals surface area contributed by atoms with Crippen LogP contribution in [0.2, 0.25) is 0 Å². The molecule has 1 fully saturated rings. The van der Waals surface area contributed by atoms with E-state index in [9.17, 15) is 19.5 Å². The molecule has 0 spiro atoms. The molecule has 1 aromatic heterocycles. The van der Waals surface area contributed by atoms with E-state index in [4.69, 9.17) is 26.2 Å². The third-order valence-corrected chi connectivity index (χ3v) is 3.90. The quantitative estimate of drug-likeness (QED) is 0.317. The lowest BCUT2D eigenvalue weighted by Crippen LogP contribution is -2.45. The second-order valence-corrected chi connectivity index (χ2v) is 5.85. The van der Waals surface area contributed by atoms with Gasteiger partial charge in [-0.25, -0.2) is 9.59 Å². The Bertz CT molecular complexity index is 618. The first kappa shape index (κ1) is 22.4. The number of hydrogen-bond donors (Lipinski definition) is 6. The van der Waals surface area contributed by atoms with Gasteiger partial charge in [-0.1, -0.05) is 0 Å². The third kappa shape index (κ3) is 6.57. The molecule has 0 aliphatic carbocycles. The zero-order chi connectivity index (χ0) is 20.6. The molecule has 1 amide bonds. The summed E-state index contributed by atoms with van der Waals surface area (Å²) in [7, 11) is 0. The SMILES string of the molecule is N[C@@H](C(=O)N1CCCC1)[C@@H](O)c1ccncc1.O=C(O)C(O)C(O)C(=O)O. The number of aliphatic carboxylic acids is 2. The minimum atomic E-state index is -2.27. The summed E-state index contributed by atoms with van der Waals surface area (Å²) in [5.41, 5.74) is 6.44. The number of amides is 1. The smallest absolute Gasteiger partial charge is 0.335 e. The molecule has 2 heterocycles. The maximum atomic E-state index is 12.0. The van der Waals surface area contributed by atoms with Gasteiger partial charge in [-0.2, -0.15) is 0 Å². The zero-order valence-electron chi connectivity index (χ0n) is 14.4. The van der Waals surface area contributed by atoms with Crippen molar-refractivity contribution in [2.45, 2.75) is 37.2 Å². The number of hydrogen-bond acceptors (Lipinski definition) is 8. The van der Waals surface area contributed by atoms with E-state index in [1.54, 1.807) is 29.4 Å². The van der Waals surface area contributed by atoms with Gasteiger partial charge in [0.2, 0.25) is 5.91 Å². The highest BCUT2D eigenvalue weighted by atomic mass is 16.4. The van der Waals surface area contributed by atoms with Gasteiger partial charge in [-0.05, 0) is 30.5 Å². The molecule has 1 aliphatic heterocycles. The first-order valence-corrected chi connectivity index (χ1v) is 8.11. The molecule has 0 bridgehead atoms. The van der Waals surface area contributed by atoms with Crippen LogP contribution in [0.4, 0.5) is 0 Å². The van der Waals surface area contributed by atoms with Crippen LogP contribution in [0.5, 0.6) is 0 Å². The van der Waals surface area contributed by atoms with Crippen LogP contribution in [0.1, 0.15) is 24.5 Å². The highest BCUT2D eigenvalue weighted by molar-refractivity contribution is 5.83. The topological polar surface area (TPSA) is 195 Å². The molecule has 2 unspecified atom stereocenters. The molecule has 1 saturated heterocycles. The van der Waals surface area contributed by atoms with Gasteiger partial charge in [-0.15, -0.1) is 0 Å². The van der Waals surface area contributed by atoms with Crippen LogP contribution in [0.15, 0.2) is 24.5 Å². The van der Waals surface area contributed by atoms with Gasteiger partial charge >= 0.3 is 11.9 Å². The summed E-state index contributed by atoms with van der Waals surface area (Å²) in [5, 5.41) is 42.5. The van der Waals surface area contributed by atoms with Gasteiger partial charge < -0.3 is 36.2 Å². The summed E-state index contributed by atoms with van der Waals surface area (Å²) >= 11 is 0. The van der Waals surface area contributed by atoms with Gasteiger partial charge in [0, 0.05) is 25.5 Å². The molecule has 1 aromatic rings. The fourth-order valence-corrected chi connectivity index (χ4v) is 2.32. The Hall–Kier alpha value is -2.60. The average Bonchev–Trinajstić information content (AvgIpc) is 3.20. The summed E-state index contributed by atoms with van der Waals surface area (Å²) in [5.74, 6) is -3.71. The summed E-state index contributed by atoms with van der Waals surface area (Å²) in [6.45, 7) is 1.49. The number of carbonyl (C=O) groups is 3. The van der Waals surface area contributed by atoms with Crippen molar-refractivity contribution < 1.29 is 39.9 Å². The monoisotopic (exact) mass is 385 g/mol. The van der Waals surface area contributed by atoms with Gasteiger partial charge in [-0.3, -0.25) is 9.78 Å². The Morgan fingerprint density at radius 2 is 1.41 bits per heavy atom. The molecular formula is C16H23N3O8. The molecular weight excluding hydrogens is 362 g/mol. The Balaban J connectivity index is 0.000000314. The highest BCUT2D eigenvalue weighted by Crippen LogP contribution is 2.18. The largest absolute Gasteiger partial charge is 0.479 e. The van der Waals surface area contributed by atoms with Crippen LogP contribution in [-0.2, 0) is 14.4 Å². The molecule has 1 aliphatic rings. The van der Waals surface area contributed by atoms with E-state index in [0.29, 0.717) is 5.56 Å². The molecule has 0 saturated carbocycles. The molecule has 4 atom stereocenters. The van der Waals surface area contributed by atoms with Gasteiger partial charge in [0.15, 0.2) is 12.2 Å². The number of aliphatic hydroxyl groups is 3. The van der Waals surface area contributed by atoms with Crippen molar-refractivity contribution in [3.05, 3.63) is 30.1 Å². The lowest BCUT2D eigenvalue weighted by atomic mass is 10.0. The third-order valence-electron chi connectivity index (χ3n) is 3.90. The van der Waals surface area contributed by atoms with Crippen LogP contribution in [0, 0.1) is 0 Å². The lowest BCUT2D eigenvalue weighted by molar-refractivity contribution is -0.165. The highest BCUT2D eigenvalue weighted by Gasteiger charge is 2.30. The summed E-state index contributed by atoms with van der Waals surface area (Å²) < 4.78 is 0. The number of carbonyl (C=O) groups excluding carboxylic acids is 1. The van der Waals surface area contributed by atoms with Crippen molar-refractivity contribution in [2.75, 3.05) is 13.1 Å². The Kier molecular flexibility index (Phi) is 8.75. The molecule has 11 nitrogen and oxygen atoms in total. The molecule has 150 valence electrons. The second kappa shape index (κ2) is 10.5. The number of nitrogens with zero attached hydrogens (tertiary/aromatic N) is 2. The molecule has 0 radical (unpaired) electrons. The van der Waals surface area contributed by atoms with Crippen molar-refractivity contribution in [3.63, 3.8) is 0 Å². The molecule has 0 aromatic carbocycles. The van der Waals surface area contributed by atoms with E-state index in [1.165, 1.54) is 0 Å². The van der Waals surface area contributed by atoms with Crippen LogP contribution in [0.25, 0.3) is 0 Å². The van der Waals surface area contributed by atoms with E-state index >= 15 is 0 Å². The van der Waals surface area contributed by atoms with E-state index in [0.717, 1.165) is 25.9 Å². The average molecular weight is 385 g/mol. The maximum absolute atomic E-state index is 12.0. The van der Waals surface area contributed by atoms with E-state index in [-0.39, 0.29) is 5.91 Å². The number of rotatable bonds is 6. The first-order chi connectivity index (χ1) is 12.7. The standard InChI is InChI=1S/C12H17N3O2.C4H6O6/c13-10(12(17)15-7-1-2-8-15)11(16)9-3-5-14-6-4-9;5-1(3(7)8)2(6)4(9)10/h3-6,10-11,16H,1-2,7-8,13H2;1-2,5-6H,(H,7,8)(H,9,10)/t10-,11+;/m1./s1. The fraction of sp³-hybridized carbons (Fsp3) is 0.500. The van der Waals surface area contributed by atoms with Crippen molar-refractivity contribution >= 4 is 17.8 Å². The summed E-state index contributed by atoms with van der Waals surface area (Å²) in [6, 6.07) is 2.44. The van der Waals surface area contributed by atoms with Crippen LogP contribution in [-0.4, -0.2) is 84.6 Å². The predicted octanol–water partition coefficient (Wildman–Crippen LogP) is -2.06. The minimum absolute atomic E-state index is 0.174. The van der Waals surface area contributed by atoms with E-state index in [1.807, 2.05) is 0 Å². The first-order valence-electron chi connectivity index (χ1n) is 8.11. The van der Waals surface area contributed by atoms with Crippen molar-refractivity contribution in [3.8, 4) is 0 Å². The number of aliphatic hydroxyl groups excluding tert-OH is 3. The van der Waals surface area contributed by atoms with Crippen LogP contribution < -0.4 is 5.73 Å². The normalized spacial score (nSPS) is 17.9. The fourth-order valence-electron chi connectivity index (χ4n) is 2.32. The number of nitrogens with two attached hydrogens (primary N) is 1. The Labute approximate surface area is 154 Å². The number of pyridine rings is 1.